The van der Waals surface area contributed by atoms with Crippen LogP contribution in [0.5, 0.6) is 0 Å². The van der Waals surface area contributed by atoms with Gasteiger partial charge in [0.15, 0.2) is 11.5 Å². The Morgan fingerprint density at radius 3 is 2.68 bits per heavy atom. The van der Waals surface area contributed by atoms with Crippen LogP contribution in [0.25, 0.3) is 16.9 Å². The van der Waals surface area contributed by atoms with Gasteiger partial charge in [0.05, 0.1) is 37.3 Å². The van der Waals surface area contributed by atoms with Crippen LogP contribution in [0, 0.1) is 29.1 Å². The Labute approximate surface area is 217 Å². The summed E-state index contributed by atoms with van der Waals surface area (Å²) >= 11 is 0. The van der Waals surface area contributed by atoms with E-state index in [1.54, 1.807) is 10.9 Å². The maximum atomic E-state index is 12.0. The first-order valence-electron chi connectivity index (χ1n) is 13.7. The standard InChI is InChI=1S/C28H35N7O2/c1-19-16-37-11-10-34(19)25-12-23(22-15-31-35(26(22)32-25)24-6-9-30-33-24)28(36)7-4-20(5-8-28)2-3-21-13-27(14-21)17-29-18-27/h6,9,12,15,19-21,29,36H,4-5,7-8,10-11,13-14,16-18H2,1H3,(H,30,33)/t19-,20?,28?/m1/s1. The van der Waals surface area contributed by atoms with Crippen LogP contribution in [-0.2, 0) is 10.3 Å². The van der Waals surface area contributed by atoms with Gasteiger partial charge in [-0.1, -0.05) is 11.8 Å². The summed E-state index contributed by atoms with van der Waals surface area (Å²) in [4.78, 5) is 7.32. The van der Waals surface area contributed by atoms with Crippen molar-refractivity contribution in [3.63, 3.8) is 0 Å². The lowest BCUT2D eigenvalue weighted by molar-refractivity contribution is -0.00674. The maximum absolute atomic E-state index is 12.0. The summed E-state index contributed by atoms with van der Waals surface area (Å²) in [5.41, 5.74) is 1.29. The van der Waals surface area contributed by atoms with Gasteiger partial charge in [0.2, 0.25) is 0 Å². The molecule has 1 spiro atoms. The van der Waals surface area contributed by atoms with Gasteiger partial charge < -0.3 is 20.1 Å². The Morgan fingerprint density at radius 2 is 1.97 bits per heavy atom. The van der Waals surface area contributed by atoms with Crippen LogP contribution in [0.1, 0.15) is 51.0 Å². The Hall–Kier alpha value is -2.93. The molecule has 0 radical (unpaired) electrons. The molecule has 4 fully saturated rings. The molecule has 4 aliphatic rings. The van der Waals surface area contributed by atoms with Crippen LogP contribution >= 0.6 is 0 Å². The number of ether oxygens (including phenoxy) is 1. The van der Waals surface area contributed by atoms with Crippen molar-refractivity contribution in [1.29, 1.82) is 0 Å². The van der Waals surface area contributed by atoms with Crippen molar-refractivity contribution in [1.82, 2.24) is 30.3 Å². The lowest BCUT2D eigenvalue weighted by atomic mass is 9.59. The van der Waals surface area contributed by atoms with E-state index in [9.17, 15) is 5.11 Å². The highest BCUT2D eigenvalue weighted by atomic mass is 16.5. The van der Waals surface area contributed by atoms with E-state index in [1.807, 2.05) is 12.3 Å². The molecule has 0 amide bonds. The normalized spacial score (nSPS) is 29.5. The second kappa shape index (κ2) is 8.83. The smallest absolute Gasteiger partial charge is 0.167 e. The number of pyridine rings is 1. The van der Waals surface area contributed by atoms with Gasteiger partial charge in [-0.3, -0.25) is 5.10 Å². The highest BCUT2D eigenvalue weighted by Crippen LogP contribution is 2.48. The summed E-state index contributed by atoms with van der Waals surface area (Å²) in [5.74, 6) is 9.70. The van der Waals surface area contributed by atoms with E-state index in [0.29, 0.717) is 43.3 Å². The second-order valence-electron chi connectivity index (χ2n) is 11.7. The predicted octanol–water partition coefficient (Wildman–Crippen LogP) is 2.75. The van der Waals surface area contributed by atoms with Gasteiger partial charge in [-0.05, 0) is 62.5 Å². The number of hydrogen-bond acceptors (Lipinski definition) is 7. The number of aliphatic hydroxyl groups is 1. The quantitative estimate of drug-likeness (QED) is 0.474. The average molecular weight is 502 g/mol. The number of aromatic amines is 1. The van der Waals surface area contributed by atoms with Crippen molar-refractivity contribution < 1.29 is 9.84 Å². The number of nitrogens with zero attached hydrogens (tertiary/aromatic N) is 5. The monoisotopic (exact) mass is 501 g/mol. The summed E-state index contributed by atoms with van der Waals surface area (Å²) in [6.45, 7) is 6.60. The fourth-order valence-corrected chi connectivity index (χ4v) is 6.73. The molecule has 9 heteroatoms. The molecular formula is C28H35N7O2. The molecule has 0 bridgehead atoms. The topological polar surface area (TPSA) is 104 Å². The van der Waals surface area contributed by atoms with Crippen molar-refractivity contribution in [2.75, 3.05) is 37.7 Å². The zero-order valence-corrected chi connectivity index (χ0v) is 21.4. The van der Waals surface area contributed by atoms with Crippen LogP contribution in [-0.4, -0.2) is 69.0 Å². The van der Waals surface area contributed by atoms with Crippen LogP contribution in [0.2, 0.25) is 0 Å². The van der Waals surface area contributed by atoms with E-state index < -0.39 is 5.60 Å². The molecule has 194 valence electrons. The molecule has 7 rings (SSSR count). The third-order valence-corrected chi connectivity index (χ3v) is 9.07. The minimum Gasteiger partial charge on any atom is -0.385 e. The van der Waals surface area contributed by atoms with Crippen LogP contribution in [0.4, 0.5) is 5.82 Å². The minimum atomic E-state index is -0.927. The van der Waals surface area contributed by atoms with E-state index in [4.69, 9.17) is 9.72 Å². The molecule has 3 N–H and O–H groups in total. The van der Waals surface area contributed by atoms with E-state index in [2.05, 4.69) is 50.3 Å². The van der Waals surface area contributed by atoms with E-state index >= 15 is 0 Å². The molecule has 3 aromatic rings. The Bertz CT molecular complexity index is 1330. The van der Waals surface area contributed by atoms with Gasteiger partial charge in [0, 0.05) is 42.9 Å². The number of anilines is 1. The highest BCUT2D eigenvalue weighted by Gasteiger charge is 2.47. The number of morpholine rings is 1. The molecule has 2 saturated heterocycles. The fourth-order valence-electron chi connectivity index (χ4n) is 6.73. The molecule has 2 saturated carbocycles. The van der Waals surface area contributed by atoms with Crippen molar-refractivity contribution in [2.45, 2.75) is 57.1 Å². The Kier molecular flexibility index (Phi) is 5.54. The van der Waals surface area contributed by atoms with Crippen LogP contribution in [0.3, 0.4) is 0 Å². The Morgan fingerprint density at radius 1 is 1.16 bits per heavy atom. The fraction of sp³-hybridized carbons (Fsp3) is 0.607. The van der Waals surface area contributed by atoms with Gasteiger partial charge in [0.1, 0.15) is 5.82 Å². The summed E-state index contributed by atoms with van der Waals surface area (Å²) in [6.07, 6.45) is 9.24. The second-order valence-corrected chi connectivity index (χ2v) is 11.7. The van der Waals surface area contributed by atoms with Gasteiger partial charge in [-0.25, -0.2) is 4.98 Å². The molecule has 5 heterocycles. The molecule has 37 heavy (non-hydrogen) atoms. The third kappa shape index (κ3) is 4.02. The van der Waals surface area contributed by atoms with Crippen molar-refractivity contribution >= 4 is 16.9 Å². The molecular weight excluding hydrogens is 466 g/mol. The lowest BCUT2D eigenvalue weighted by Gasteiger charge is -2.53. The van der Waals surface area contributed by atoms with Gasteiger partial charge in [0.25, 0.3) is 0 Å². The summed E-state index contributed by atoms with van der Waals surface area (Å²) in [5, 5.41) is 28.1. The zero-order chi connectivity index (χ0) is 25.0. The first-order chi connectivity index (χ1) is 18.0. The number of hydrogen-bond donors (Lipinski definition) is 3. The van der Waals surface area contributed by atoms with E-state index in [1.165, 1.54) is 25.9 Å². The molecule has 2 aliphatic heterocycles. The van der Waals surface area contributed by atoms with Crippen LogP contribution < -0.4 is 10.2 Å². The number of rotatable bonds is 3. The molecule has 1 atom stereocenters. The number of fused-ring (bicyclic) bond motifs is 1. The number of aromatic nitrogens is 5. The van der Waals surface area contributed by atoms with Gasteiger partial charge in [-0.15, -0.1) is 0 Å². The summed E-state index contributed by atoms with van der Waals surface area (Å²) in [7, 11) is 0. The maximum Gasteiger partial charge on any atom is 0.167 e. The molecule has 0 unspecified atom stereocenters. The van der Waals surface area contributed by atoms with Crippen molar-refractivity contribution in [3.05, 3.63) is 30.1 Å². The molecule has 9 nitrogen and oxygen atoms in total. The van der Waals surface area contributed by atoms with Crippen molar-refractivity contribution in [3.8, 4) is 17.7 Å². The SMILES string of the molecule is C[C@@H]1COCCN1c1cc(C2(O)CCC(C#CC3CC4(CNC4)C3)CC2)c2cnn(-c3ccn[nH]3)c2n1. The minimum absolute atomic E-state index is 0.206. The first kappa shape index (κ1) is 23.2. The first-order valence-corrected chi connectivity index (χ1v) is 13.7. The average Bonchev–Trinajstić information content (AvgIpc) is 3.53. The summed E-state index contributed by atoms with van der Waals surface area (Å²) < 4.78 is 7.46. The number of H-pyrrole nitrogens is 1. The number of nitrogens with one attached hydrogen (secondary N) is 2. The predicted molar refractivity (Wildman–Crippen MR) is 140 cm³/mol. The molecule has 3 aromatic heterocycles. The molecule has 2 aliphatic carbocycles. The zero-order valence-electron chi connectivity index (χ0n) is 21.4. The van der Waals surface area contributed by atoms with E-state index in [0.717, 1.165) is 47.6 Å². The Balaban J connectivity index is 1.17. The summed E-state index contributed by atoms with van der Waals surface area (Å²) in [6, 6.07) is 4.18. The van der Waals surface area contributed by atoms with Gasteiger partial charge >= 0.3 is 0 Å². The molecule has 0 aromatic carbocycles. The third-order valence-electron chi connectivity index (χ3n) is 9.07. The van der Waals surface area contributed by atoms with Crippen LogP contribution in [0.15, 0.2) is 24.5 Å². The largest absolute Gasteiger partial charge is 0.385 e. The van der Waals surface area contributed by atoms with Gasteiger partial charge in [-0.2, -0.15) is 14.9 Å². The van der Waals surface area contributed by atoms with Crippen molar-refractivity contribution in [2.24, 2.45) is 17.3 Å². The van der Waals surface area contributed by atoms with E-state index in [-0.39, 0.29) is 6.04 Å². The lowest BCUT2D eigenvalue weighted by Crippen LogP contribution is -2.59. The highest BCUT2D eigenvalue weighted by molar-refractivity contribution is 5.83.